The molecule has 2 saturated heterocycles. The number of piperidine rings is 1. The van der Waals surface area contributed by atoms with E-state index in [1.54, 1.807) is 7.11 Å². The molecule has 1 aromatic heterocycles. The van der Waals surface area contributed by atoms with Crippen molar-refractivity contribution in [3.63, 3.8) is 0 Å². The Labute approximate surface area is 246 Å². The fourth-order valence-corrected chi connectivity index (χ4v) is 6.11. The van der Waals surface area contributed by atoms with E-state index >= 15 is 0 Å². The molecule has 0 atom stereocenters. The number of ether oxygens (including phenoxy) is 2. The van der Waals surface area contributed by atoms with Crippen molar-refractivity contribution in [2.24, 2.45) is 0 Å². The first-order valence-corrected chi connectivity index (χ1v) is 15.3. The Kier molecular flexibility index (Phi) is 11.2. The summed E-state index contributed by atoms with van der Waals surface area (Å²) < 4.78 is 43.8. The van der Waals surface area contributed by atoms with Crippen LogP contribution in [0.2, 0.25) is 0 Å². The number of halogens is 3. The van der Waals surface area contributed by atoms with Crippen molar-refractivity contribution < 1.29 is 32.5 Å². The van der Waals surface area contributed by atoms with Gasteiger partial charge in [-0.1, -0.05) is 0 Å². The molecule has 0 saturated carbocycles. The van der Waals surface area contributed by atoms with E-state index in [1.165, 1.54) is 87.0 Å². The predicted octanol–water partition coefficient (Wildman–Crippen LogP) is 5.90. The SMILES string of the molecule is COc1cc2c(NC3CCN(C(C)C)CC3)c3c(nc2cc1OCCCN1CCCC1)CCCC3.O=C(O)C(F)(F)F. The first kappa shape index (κ1) is 32.1. The number of aryl methyl sites for hydroxylation is 1. The van der Waals surface area contributed by atoms with Crippen LogP contribution in [-0.2, 0) is 17.6 Å². The average Bonchev–Trinajstić information content (AvgIpc) is 3.48. The predicted molar refractivity (Wildman–Crippen MR) is 158 cm³/mol. The third-order valence-electron chi connectivity index (χ3n) is 8.47. The van der Waals surface area contributed by atoms with Crippen molar-refractivity contribution in [3.8, 4) is 11.5 Å². The highest BCUT2D eigenvalue weighted by Gasteiger charge is 2.38. The van der Waals surface area contributed by atoms with E-state index in [4.69, 9.17) is 24.4 Å². The number of alkyl halides is 3. The second kappa shape index (κ2) is 14.6. The minimum absolute atomic E-state index is 0.508. The first-order valence-electron chi connectivity index (χ1n) is 15.3. The molecule has 0 spiro atoms. The number of nitrogens with one attached hydrogen (secondary N) is 1. The van der Waals surface area contributed by atoms with Crippen molar-refractivity contribution in [1.82, 2.24) is 14.8 Å². The van der Waals surface area contributed by atoms with Gasteiger partial charge in [0.1, 0.15) is 0 Å². The summed E-state index contributed by atoms with van der Waals surface area (Å²) in [5.41, 5.74) is 5.03. The van der Waals surface area contributed by atoms with Gasteiger partial charge >= 0.3 is 12.1 Å². The number of benzene rings is 1. The number of rotatable bonds is 9. The van der Waals surface area contributed by atoms with Crippen molar-refractivity contribution in [2.75, 3.05) is 51.8 Å². The van der Waals surface area contributed by atoms with Gasteiger partial charge in [-0.25, -0.2) is 4.79 Å². The van der Waals surface area contributed by atoms with Crippen LogP contribution in [0.15, 0.2) is 12.1 Å². The Morgan fingerprint density at radius 1 is 1.07 bits per heavy atom. The van der Waals surface area contributed by atoms with Crippen LogP contribution in [0.25, 0.3) is 10.9 Å². The first-order chi connectivity index (χ1) is 20.1. The summed E-state index contributed by atoms with van der Waals surface area (Å²) in [5.74, 6) is -1.12. The van der Waals surface area contributed by atoms with E-state index in [1.807, 2.05) is 0 Å². The molecule has 234 valence electrons. The number of likely N-dealkylation sites (tertiary alicyclic amines) is 2. The molecule has 2 fully saturated rings. The number of carboxylic acids is 1. The van der Waals surface area contributed by atoms with Gasteiger partial charge < -0.3 is 29.7 Å². The number of anilines is 1. The van der Waals surface area contributed by atoms with Gasteiger partial charge in [0.15, 0.2) is 11.5 Å². The molecule has 0 unspecified atom stereocenters. The maximum Gasteiger partial charge on any atom is 0.490 e. The van der Waals surface area contributed by atoms with Gasteiger partial charge in [-0.3, -0.25) is 4.98 Å². The summed E-state index contributed by atoms with van der Waals surface area (Å²) in [4.78, 5) is 19.2. The number of carbonyl (C=O) groups is 1. The molecular weight excluding hydrogens is 549 g/mol. The summed E-state index contributed by atoms with van der Waals surface area (Å²) in [6.07, 6.45) is 5.67. The second-order valence-electron chi connectivity index (χ2n) is 11.7. The van der Waals surface area contributed by atoms with Crippen LogP contribution in [0.1, 0.15) is 70.1 Å². The van der Waals surface area contributed by atoms with Crippen LogP contribution in [0.5, 0.6) is 11.5 Å². The van der Waals surface area contributed by atoms with Crippen LogP contribution in [0, 0.1) is 0 Å². The molecule has 5 rings (SSSR count). The Morgan fingerprint density at radius 2 is 1.74 bits per heavy atom. The zero-order chi connectivity index (χ0) is 30.3. The van der Waals surface area contributed by atoms with Gasteiger partial charge in [0.2, 0.25) is 0 Å². The molecule has 0 amide bonds. The Morgan fingerprint density at radius 3 is 2.36 bits per heavy atom. The van der Waals surface area contributed by atoms with Gasteiger partial charge in [-0.05, 0) is 96.4 Å². The number of nitrogens with zero attached hydrogens (tertiary/aromatic N) is 3. The molecule has 1 aromatic carbocycles. The van der Waals surface area contributed by atoms with E-state index in [0.717, 1.165) is 42.8 Å². The van der Waals surface area contributed by atoms with Gasteiger partial charge in [0.25, 0.3) is 0 Å². The van der Waals surface area contributed by atoms with Crippen molar-refractivity contribution in [2.45, 2.75) is 89.9 Å². The van der Waals surface area contributed by atoms with Gasteiger partial charge in [0.05, 0.1) is 19.2 Å². The number of hydrogen-bond acceptors (Lipinski definition) is 7. The number of hydrogen-bond donors (Lipinski definition) is 2. The van der Waals surface area contributed by atoms with Crippen LogP contribution in [0.3, 0.4) is 0 Å². The second-order valence-corrected chi connectivity index (χ2v) is 11.7. The van der Waals surface area contributed by atoms with E-state index in [9.17, 15) is 13.2 Å². The highest BCUT2D eigenvalue weighted by atomic mass is 19.4. The molecule has 1 aliphatic carbocycles. The Hall–Kier alpha value is -2.79. The van der Waals surface area contributed by atoms with E-state index < -0.39 is 12.1 Å². The fraction of sp³-hybridized carbons (Fsp3) is 0.677. The maximum absolute atomic E-state index is 10.6. The standard InChI is InChI=1S/C29H44N4O2.C2HF3O2/c1-21(2)33-16-11-22(12-17-33)30-29-23-9-4-5-10-25(23)31-26-20-28(27(34-3)19-24(26)29)35-18-8-15-32-13-6-7-14-32;3-2(4,5)1(6)7/h19-22H,4-18H2,1-3H3,(H,30,31);(H,6,7). The number of aromatic nitrogens is 1. The Balaban J connectivity index is 0.000000517. The average molecular weight is 595 g/mol. The minimum Gasteiger partial charge on any atom is -0.493 e. The maximum atomic E-state index is 10.6. The zero-order valence-corrected chi connectivity index (χ0v) is 25.1. The van der Waals surface area contributed by atoms with E-state index in [-0.39, 0.29) is 0 Å². The van der Waals surface area contributed by atoms with Gasteiger partial charge in [-0.2, -0.15) is 13.2 Å². The zero-order valence-electron chi connectivity index (χ0n) is 25.1. The minimum atomic E-state index is -5.08. The fourth-order valence-electron chi connectivity index (χ4n) is 6.11. The molecule has 0 bridgehead atoms. The van der Waals surface area contributed by atoms with Crippen LogP contribution in [-0.4, -0.2) is 90.6 Å². The molecule has 2 aliphatic heterocycles. The molecule has 3 heterocycles. The molecule has 8 nitrogen and oxygen atoms in total. The lowest BCUT2D eigenvalue weighted by Crippen LogP contribution is -2.42. The van der Waals surface area contributed by atoms with Crippen molar-refractivity contribution in [1.29, 1.82) is 0 Å². The van der Waals surface area contributed by atoms with Crippen LogP contribution < -0.4 is 14.8 Å². The molecule has 11 heteroatoms. The normalized spacial score (nSPS) is 18.5. The largest absolute Gasteiger partial charge is 0.493 e. The number of carboxylic acid groups (broad SMARTS) is 1. The van der Waals surface area contributed by atoms with Crippen molar-refractivity contribution in [3.05, 3.63) is 23.4 Å². The third kappa shape index (κ3) is 8.40. The highest BCUT2D eigenvalue weighted by Crippen LogP contribution is 2.40. The van der Waals surface area contributed by atoms with Crippen LogP contribution >= 0.6 is 0 Å². The topological polar surface area (TPSA) is 87.2 Å². The number of pyridine rings is 1. The van der Waals surface area contributed by atoms with Crippen molar-refractivity contribution >= 4 is 22.6 Å². The molecule has 2 N–H and O–H groups in total. The molecule has 42 heavy (non-hydrogen) atoms. The Bertz CT molecular complexity index is 1190. The molecule has 2 aromatic rings. The number of methoxy groups -OCH3 is 1. The summed E-state index contributed by atoms with van der Waals surface area (Å²) in [5, 5.41) is 12.3. The van der Waals surface area contributed by atoms with Crippen LogP contribution in [0.4, 0.5) is 18.9 Å². The molecule has 0 radical (unpaired) electrons. The van der Waals surface area contributed by atoms with E-state index in [0.29, 0.717) is 18.7 Å². The smallest absolute Gasteiger partial charge is 0.490 e. The monoisotopic (exact) mass is 594 g/mol. The summed E-state index contributed by atoms with van der Waals surface area (Å²) >= 11 is 0. The highest BCUT2D eigenvalue weighted by molar-refractivity contribution is 5.96. The quantitative estimate of drug-likeness (QED) is 0.347. The third-order valence-corrected chi connectivity index (χ3v) is 8.47. The summed E-state index contributed by atoms with van der Waals surface area (Å²) in [6.45, 7) is 11.2. The molecular formula is C31H45F3N4O4. The molecule has 3 aliphatic rings. The number of fused-ring (bicyclic) bond motifs is 2. The lowest BCUT2D eigenvalue weighted by molar-refractivity contribution is -0.192. The van der Waals surface area contributed by atoms with E-state index in [2.05, 4.69) is 41.1 Å². The summed E-state index contributed by atoms with van der Waals surface area (Å²) in [7, 11) is 1.75. The lowest BCUT2D eigenvalue weighted by Gasteiger charge is -2.36. The van der Waals surface area contributed by atoms with Gasteiger partial charge in [-0.15, -0.1) is 0 Å². The number of aliphatic carboxylic acids is 1. The summed E-state index contributed by atoms with van der Waals surface area (Å²) in [6, 6.07) is 5.42. The lowest BCUT2D eigenvalue weighted by atomic mass is 9.91. The van der Waals surface area contributed by atoms with Gasteiger partial charge in [0, 0.05) is 54.6 Å².